The fourth-order valence-corrected chi connectivity index (χ4v) is 0.995. The van der Waals surface area contributed by atoms with Crippen LogP contribution in [0, 0.1) is 6.92 Å². The third-order valence-corrected chi connectivity index (χ3v) is 1.61. The number of aromatic nitrogens is 1. The number of aryl methyl sites for hydroxylation is 2. The third-order valence-electron chi connectivity index (χ3n) is 1.61. The number of nitrogens with zero attached hydrogens (tertiary/aromatic N) is 1. The maximum atomic E-state index is 11.8. The van der Waals surface area contributed by atoms with Gasteiger partial charge in [-0.3, -0.25) is 0 Å². The van der Waals surface area contributed by atoms with Crippen molar-refractivity contribution >= 4 is 6.98 Å². The molecule has 0 aromatic carbocycles. The van der Waals surface area contributed by atoms with Gasteiger partial charge in [-0.15, -0.1) is 0 Å². The van der Waals surface area contributed by atoms with Gasteiger partial charge in [0.25, 0.3) is 0 Å². The largest absolute Gasteiger partial charge is 1.00 e. The second kappa shape index (κ2) is 5.60. The van der Waals surface area contributed by atoms with E-state index in [1.807, 2.05) is 6.92 Å². The first-order valence-electron chi connectivity index (χ1n) is 3.81. The second-order valence-corrected chi connectivity index (χ2v) is 2.93. The summed E-state index contributed by atoms with van der Waals surface area (Å²) in [5.74, 6) is 0. The van der Waals surface area contributed by atoms with Gasteiger partial charge < -0.3 is 17.5 Å². The van der Waals surface area contributed by atoms with E-state index in [1.165, 1.54) is 0 Å². The van der Waals surface area contributed by atoms with Gasteiger partial charge in [0.15, 0.2) is 0 Å². The quantitative estimate of drug-likeness (QED) is 0.607. The zero-order chi connectivity index (χ0) is 9.19. The van der Waals surface area contributed by atoms with Gasteiger partial charge in [0.1, 0.15) is 0 Å². The third kappa shape index (κ3) is 5.96. The average molecular weight is 215 g/mol. The van der Waals surface area contributed by atoms with E-state index in [0.717, 1.165) is 5.56 Å². The minimum Gasteiger partial charge on any atom is -0.449 e. The molecule has 0 fully saturated rings. The van der Waals surface area contributed by atoms with E-state index in [-0.39, 0.29) is 57.9 Å². The molecule has 1 aromatic rings. The van der Waals surface area contributed by atoms with Gasteiger partial charge in [-0.25, -0.2) is 0 Å². The van der Waals surface area contributed by atoms with Gasteiger partial charge in [-0.2, -0.15) is 0 Å². The molecule has 0 saturated carbocycles. The van der Waals surface area contributed by atoms with Crippen LogP contribution in [-0.2, 0) is 6.54 Å². The van der Waals surface area contributed by atoms with Crippen molar-refractivity contribution < 1.29 is 64.3 Å². The average Bonchev–Trinajstić information content (AvgIpc) is 2.30. The molecular weight excluding hydrogens is 205 g/mol. The van der Waals surface area contributed by atoms with E-state index in [2.05, 4.69) is 0 Å². The minimum atomic E-state index is -4.64. The summed E-state index contributed by atoms with van der Waals surface area (Å²) in [6.07, 6.45) is 2.67. The van der Waals surface area contributed by atoms with Crippen molar-refractivity contribution in [2.24, 2.45) is 0 Å². The number of hydrogen-bond acceptors (Lipinski definition) is 0. The van der Waals surface area contributed by atoms with Crippen molar-refractivity contribution in [1.29, 1.82) is 0 Å². The van der Waals surface area contributed by atoms with E-state index in [0.29, 0.717) is 0 Å². The first kappa shape index (κ1) is 13.8. The molecule has 0 amide bonds. The van der Waals surface area contributed by atoms with Gasteiger partial charge in [-0.1, -0.05) is 6.32 Å². The topological polar surface area (TPSA) is 4.93 Å². The fourth-order valence-electron chi connectivity index (χ4n) is 0.995. The summed E-state index contributed by atoms with van der Waals surface area (Å²) in [7, 11) is 0. The fraction of sp³-hybridized carbons (Fsp3) is 0.429. The summed E-state index contributed by atoms with van der Waals surface area (Å²) >= 11 is 0. The predicted octanol–water partition coefficient (Wildman–Crippen LogP) is -0.352. The van der Waals surface area contributed by atoms with Crippen LogP contribution < -0.4 is 51.4 Å². The molecule has 0 bridgehead atoms. The SMILES string of the molecule is Cc1ccn(CC[B-](F)(F)F)c1.[K+]. The van der Waals surface area contributed by atoms with Crippen LogP contribution in [0.5, 0.6) is 0 Å². The van der Waals surface area contributed by atoms with Crippen molar-refractivity contribution in [3.8, 4) is 0 Å². The van der Waals surface area contributed by atoms with Gasteiger partial charge in [0.2, 0.25) is 0 Å². The Bertz CT molecular complexity index is 258. The van der Waals surface area contributed by atoms with E-state index < -0.39 is 13.3 Å². The second-order valence-electron chi connectivity index (χ2n) is 2.93. The first-order chi connectivity index (χ1) is 5.47. The molecule has 6 heteroatoms. The molecule has 0 spiro atoms. The van der Waals surface area contributed by atoms with E-state index in [4.69, 9.17) is 0 Å². The Morgan fingerprint density at radius 3 is 2.38 bits per heavy atom. The van der Waals surface area contributed by atoms with Crippen LogP contribution in [0.2, 0.25) is 6.32 Å². The Labute approximate surface area is 118 Å². The molecule has 0 atom stereocenters. The van der Waals surface area contributed by atoms with Gasteiger partial charge >= 0.3 is 58.4 Å². The van der Waals surface area contributed by atoms with Crippen LogP contribution >= 0.6 is 0 Å². The van der Waals surface area contributed by atoms with E-state index in [1.54, 1.807) is 23.0 Å². The summed E-state index contributed by atoms with van der Waals surface area (Å²) in [6, 6.07) is 1.80. The van der Waals surface area contributed by atoms with Crippen molar-refractivity contribution in [1.82, 2.24) is 4.57 Å². The summed E-state index contributed by atoms with van der Waals surface area (Å²) in [5, 5.41) is 0. The minimum absolute atomic E-state index is 0. The molecule has 68 valence electrons. The number of rotatable bonds is 3. The first-order valence-corrected chi connectivity index (χ1v) is 3.81. The Morgan fingerprint density at radius 2 is 2.00 bits per heavy atom. The normalized spacial score (nSPS) is 11.1. The maximum absolute atomic E-state index is 11.8. The Hall–Kier alpha value is 0.771. The van der Waals surface area contributed by atoms with Crippen LogP contribution in [0.25, 0.3) is 0 Å². The zero-order valence-electron chi connectivity index (χ0n) is 7.80. The maximum Gasteiger partial charge on any atom is 1.00 e. The molecule has 0 aliphatic rings. The summed E-state index contributed by atoms with van der Waals surface area (Å²) in [6.45, 7) is -2.74. The smallest absolute Gasteiger partial charge is 0.449 e. The molecule has 0 unspecified atom stereocenters. The molecule has 1 aromatic heterocycles. The predicted molar refractivity (Wildman–Crippen MR) is 43.1 cm³/mol. The van der Waals surface area contributed by atoms with E-state index in [9.17, 15) is 12.9 Å². The van der Waals surface area contributed by atoms with Crippen LogP contribution in [0.15, 0.2) is 18.5 Å². The molecule has 0 aliphatic heterocycles. The van der Waals surface area contributed by atoms with Crippen LogP contribution in [0.3, 0.4) is 0 Å². The Morgan fingerprint density at radius 1 is 1.38 bits per heavy atom. The Kier molecular flexibility index (Phi) is 5.94. The molecule has 1 heterocycles. The van der Waals surface area contributed by atoms with Gasteiger partial charge in [0, 0.05) is 12.4 Å². The van der Waals surface area contributed by atoms with Gasteiger partial charge in [-0.05, 0) is 25.1 Å². The number of halogens is 3. The standard InChI is InChI=1S/C7H10BF3N.K/c1-7-2-4-12(6-7)5-3-8(9,10)11;/h2,4,6H,3,5H2,1H3;/q-1;+1. The number of hydrogen-bond donors (Lipinski definition) is 0. The van der Waals surface area contributed by atoms with Crippen molar-refractivity contribution in [3.63, 3.8) is 0 Å². The van der Waals surface area contributed by atoms with Crippen LogP contribution in [0.4, 0.5) is 12.9 Å². The zero-order valence-corrected chi connectivity index (χ0v) is 10.9. The Balaban J connectivity index is 0.00000144. The molecular formula is C7H10BF3KN. The molecule has 0 N–H and O–H groups in total. The van der Waals surface area contributed by atoms with Crippen LogP contribution in [-0.4, -0.2) is 11.5 Å². The summed E-state index contributed by atoms with van der Waals surface area (Å²) in [4.78, 5) is 0. The molecule has 13 heavy (non-hydrogen) atoms. The van der Waals surface area contributed by atoms with Crippen molar-refractivity contribution in [2.75, 3.05) is 0 Å². The molecule has 0 radical (unpaired) electrons. The molecule has 1 rings (SSSR count). The molecule has 0 saturated heterocycles. The molecule has 0 aliphatic carbocycles. The van der Waals surface area contributed by atoms with E-state index >= 15 is 0 Å². The monoisotopic (exact) mass is 215 g/mol. The summed E-state index contributed by atoms with van der Waals surface area (Å²) in [5.41, 5.74) is 0.990. The van der Waals surface area contributed by atoms with Crippen LogP contribution in [0.1, 0.15) is 5.56 Å². The van der Waals surface area contributed by atoms with Crippen molar-refractivity contribution in [3.05, 3.63) is 24.0 Å². The van der Waals surface area contributed by atoms with Crippen molar-refractivity contribution in [2.45, 2.75) is 19.8 Å². The molecule has 1 nitrogen and oxygen atoms in total. The van der Waals surface area contributed by atoms with Gasteiger partial charge in [0.05, 0.1) is 0 Å². The summed E-state index contributed by atoms with van der Waals surface area (Å²) < 4.78 is 37.0.